The van der Waals surface area contributed by atoms with Gasteiger partial charge >= 0.3 is 47.0 Å². The fourth-order valence-electron chi connectivity index (χ4n) is 3.17. The van der Waals surface area contributed by atoms with E-state index >= 15 is 0 Å². The Labute approximate surface area is 223 Å². The summed E-state index contributed by atoms with van der Waals surface area (Å²) in [6.07, 6.45) is -13.1. The lowest BCUT2D eigenvalue weighted by atomic mass is 9.89. The Hall–Kier alpha value is -1.32. The van der Waals surface area contributed by atoms with Crippen LogP contribution in [0.25, 0.3) is 0 Å². The van der Waals surface area contributed by atoms with Gasteiger partial charge in [-0.05, 0) is 34.1 Å². The molecule has 0 aliphatic heterocycles. The van der Waals surface area contributed by atoms with Crippen LogP contribution in [0.1, 0.15) is 47.0 Å². The first kappa shape index (κ1) is 41.8. The van der Waals surface area contributed by atoms with E-state index in [1.54, 1.807) is 0 Å². The summed E-state index contributed by atoms with van der Waals surface area (Å²) in [6, 6.07) is 0. The molecule has 0 unspecified atom stereocenters. The average Bonchev–Trinajstić information content (AvgIpc) is 2.78. The maximum atomic E-state index is 13.4. The van der Waals surface area contributed by atoms with Crippen molar-refractivity contribution >= 4 is 10.1 Å². The van der Waals surface area contributed by atoms with Gasteiger partial charge in [0.05, 0.1) is 26.2 Å². The number of rotatable bonds is 14. The molecule has 0 fully saturated rings. The van der Waals surface area contributed by atoms with Gasteiger partial charge in [0.1, 0.15) is 0 Å². The molecule has 0 N–H and O–H groups in total. The van der Waals surface area contributed by atoms with E-state index in [9.17, 15) is 87.6 Å². The van der Waals surface area contributed by atoms with Crippen LogP contribution in [0, 0.1) is 0 Å². The van der Waals surface area contributed by atoms with Crippen molar-refractivity contribution in [3.05, 3.63) is 0 Å². The topological polar surface area (TPSA) is 57.2 Å². The molecule has 41 heavy (non-hydrogen) atoms. The van der Waals surface area contributed by atoms with Crippen molar-refractivity contribution in [2.45, 2.75) is 93.9 Å². The molecule has 22 heteroatoms. The zero-order valence-electron chi connectivity index (χ0n) is 21.5. The predicted octanol–water partition coefficient (Wildman–Crippen LogP) is 7.55. The van der Waals surface area contributed by atoms with Gasteiger partial charge < -0.3 is 9.04 Å². The van der Waals surface area contributed by atoms with E-state index in [1.807, 2.05) is 0 Å². The normalized spacial score (nSPS) is 15.5. The van der Waals surface area contributed by atoms with Crippen LogP contribution in [-0.2, 0) is 10.1 Å². The zero-order chi connectivity index (χ0) is 33.9. The van der Waals surface area contributed by atoms with Gasteiger partial charge in [0.25, 0.3) is 0 Å². The third-order valence-electron chi connectivity index (χ3n) is 6.35. The Balaban J connectivity index is 0. The molecule has 0 rings (SSSR count). The van der Waals surface area contributed by atoms with Crippen molar-refractivity contribution in [3.63, 3.8) is 0 Å². The summed E-state index contributed by atoms with van der Waals surface area (Å²) in [6.45, 7) is 14.2. The van der Waals surface area contributed by atoms with Crippen LogP contribution in [-0.4, -0.2) is 90.6 Å². The van der Waals surface area contributed by atoms with Crippen LogP contribution in [0.5, 0.6) is 0 Å². The minimum Gasteiger partial charge on any atom is -0.743 e. The van der Waals surface area contributed by atoms with E-state index in [4.69, 9.17) is 0 Å². The van der Waals surface area contributed by atoms with Gasteiger partial charge in [0, 0.05) is 12.8 Å². The van der Waals surface area contributed by atoms with Gasteiger partial charge in [-0.1, -0.05) is 0 Å². The second-order valence-corrected chi connectivity index (χ2v) is 10.0. The van der Waals surface area contributed by atoms with E-state index in [1.165, 1.54) is 30.7 Å². The van der Waals surface area contributed by atoms with Crippen molar-refractivity contribution in [3.8, 4) is 0 Å². The quantitative estimate of drug-likeness (QED) is 0.109. The van der Waals surface area contributed by atoms with Crippen LogP contribution in [0.15, 0.2) is 0 Å². The van der Waals surface area contributed by atoms with Crippen molar-refractivity contribution in [2.75, 3.05) is 26.2 Å². The monoisotopic (exact) mass is 671 g/mol. The lowest BCUT2D eigenvalue weighted by Crippen LogP contribution is -2.73. The molecule has 0 saturated heterocycles. The third kappa shape index (κ3) is 7.80. The summed E-state index contributed by atoms with van der Waals surface area (Å²) in [4.78, 5) is 0. The van der Waals surface area contributed by atoms with Crippen LogP contribution >= 0.6 is 0 Å². The van der Waals surface area contributed by atoms with Crippen molar-refractivity contribution < 1.29 is 92.1 Å². The predicted molar refractivity (Wildman–Crippen MR) is 107 cm³/mol. The molecule has 0 aliphatic rings. The highest BCUT2D eigenvalue weighted by molar-refractivity contribution is 7.86. The van der Waals surface area contributed by atoms with Gasteiger partial charge in [0.2, 0.25) is 0 Å². The van der Waals surface area contributed by atoms with E-state index in [0.717, 1.165) is 0 Å². The fraction of sp³-hybridized carbons (Fsp3) is 1.00. The molecule has 0 radical (unpaired) electrons. The molecule has 0 aliphatic carbocycles. The summed E-state index contributed by atoms with van der Waals surface area (Å²) in [7, 11) is -8.07. The highest BCUT2D eigenvalue weighted by Gasteiger charge is 2.93. The Kier molecular flexibility index (Phi) is 13.0. The summed E-state index contributed by atoms with van der Waals surface area (Å²) in [5.41, 5.74) is 0. The molecule has 0 heterocycles. The summed E-state index contributed by atoms with van der Waals surface area (Å²) in [5, 5.41) is -7.85. The number of quaternary nitrogens is 1. The van der Waals surface area contributed by atoms with Crippen LogP contribution in [0.2, 0.25) is 0 Å². The Bertz CT molecular complexity index is 927. The Morgan fingerprint density at radius 1 is 0.512 bits per heavy atom. The maximum Gasteiger partial charge on any atom is 0.402 e. The summed E-state index contributed by atoms with van der Waals surface area (Å²) >= 11 is 0. The number of nitrogens with zero attached hydrogens (tertiary/aromatic N) is 1. The van der Waals surface area contributed by atoms with E-state index in [-0.39, 0.29) is 0 Å². The first-order chi connectivity index (χ1) is 17.7. The summed E-state index contributed by atoms with van der Waals surface area (Å²) < 4.78 is 251. The van der Waals surface area contributed by atoms with Gasteiger partial charge in [-0.25, -0.2) is 8.42 Å². The number of halogens is 17. The number of hydrogen-bond acceptors (Lipinski definition) is 3. The Morgan fingerprint density at radius 3 is 1.05 bits per heavy atom. The lowest BCUT2D eigenvalue weighted by Gasteiger charge is -2.42. The molecule has 0 bridgehead atoms. The second kappa shape index (κ2) is 12.7. The number of hydrogen-bond donors (Lipinski definition) is 0. The maximum absolute atomic E-state index is 13.4. The Morgan fingerprint density at radius 2 is 0.805 bits per heavy atom. The van der Waals surface area contributed by atoms with E-state index in [2.05, 4.69) is 27.7 Å². The SMILES string of the molecule is CC[N+](CC)(CC)CC.O=S(=O)([O-])C(F)(F)C(F)(F)C(F)(F)C(F)(F)C(F)(F)C(F)(F)C(F)(F)CCCC(F)(F)F. The van der Waals surface area contributed by atoms with Gasteiger partial charge in [-0.2, -0.15) is 74.6 Å². The fourth-order valence-corrected chi connectivity index (χ4v) is 3.61. The minimum atomic E-state index is -8.63. The van der Waals surface area contributed by atoms with Crippen molar-refractivity contribution in [2.24, 2.45) is 0 Å². The second-order valence-electron chi connectivity index (χ2n) is 8.62. The molecular formula is C19H26F17NO3S. The molecule has 0 saturated carbocycles. The first-order valence-corrected chi connectivity index (χ1v) is 12.6. The molecule has 0 spiro atoms. The van der Waals surface area contributed by atoms with Crippen molar-refractivity contribution in [1.82, 2.24) is 0 Å². The van der Waals surface area contributed by atoms with Crippen LogP contribution in [0.4, 0.5) is 74.6 Å². The zero-order valence-corrected chi connectivity index (χ0v) is 22.3. The largest absolute Gasteiger partial charge is 0.743 e. The van der Waals surface area contributed by atoms with Gasteiger partial charge in [0.15, 0.2) is 10.1 Å². The van der Waals surface area contributed by atoms with Crippen LogP contribution in [0.3, 0.4) is 0 Å². The third-order valence-corrected chi connectivity index (χ3v) is 7.23. The highest BCUT2D eigenvalue weighted by Crippen LogP contribution is 2.63. The molecule has 0 amide bonds. The van der Waals surface area contributed by atoms with E-state index in [0.29, 0.717) is 0 Å². The van der Waals surface area contributed by atoms with Gasteiger partial charge in [-0.3, -0.25) is 0 Å². The van der Waals surface area contributed by atoms with Crippen LogP contribution < -0.4 is 0 Å². The number of alkyl halides is 17. The minimum absolute atomic E-state index is 1.28. The molecule has 250 valence electrons. The average molecular weight is 671 g/mol. The molecule has 0 aromatic carbocycles. The smallest absolute Gasteiger partial charge is 0.402 e. The van der Waals surface area contributed by atoms with Crippen molar-refractivity contribution in [1.29, 1.82) is 0 Å². The standard InChI is InChI=1S/C11H7F17O3S.C8H20N/c12-4(13,2-1-3-5(14,15)16)6(17,18)7(19,20)8(21,22)9(23,24)10(25,26)11(27,28)32(29,30)31;1-5-9(6-2,7-3)8-4/h1-3H2,(H,29,30,31);5-8H2,1-4H3/q;+1/p-1. The van der Waals surface area contributed by atoms with E-state index < -0.39 is 76.3 Å². The molecule has 0 atom stereocenters. The highest BCUT2D eigenvalue weighted by atomic mass is 32.2. The lowest BCUT2D eigenvalue weighted by molar-refractivity contribution is -0.921. The molecular weight excluding hydrogens is 645 g/mol. The molecule has 4 nitrogen and oxygen atoms in total. The first-order valence-electron chi connectivity index (χ1n) is 11.2. The molecule has 0 aromatic heterocycles. The molecule has 0 aromatic rings. The van der Waals surface area contributed by atoms with Gasteiger partial charge in [-0.15, -0.1) is 0 Å². The summed E-state index contributed by atoms with van der Waals surface area (Å²) in [5.74, 6) is -48.7.